The van der Waals surface area contributed by atoms with Gasteiger partial charge in [0.1, 0.15) is 0 Å². The molecule has 2 heterocycles. The molecule has 0 bridgehead atoms. The van der Waals surface area contributed by atoms with Crippen molar-refractivity contribution in [3.05, 3.63) is 11.3 Å². The third kappa shape index (κ3) is 1.43. The van der Waals surface area contributed by atoms with Crippen LogP contribution in [0.25, 0.3) is 0 Å². The summed E-state index contributed by atoms with van der Waals surface area (Å²) in [6.07, 6.45) is 3.63. The van der Waals surface area contributed by atoms with Crippen molar-refractivity contribution in [2.24, 2.45) is 0 Å². The van der Waals surface area contributed by atoms with Crippen molar-refractivity contribution in [3.8, 4) is 0 Å². The first-order chi connectivity index (χ1) is 6.43. The predicted molar refractivity (Wildman–Crippen MR) is 53.0 cm³/mol. The first-order valence-corrected chi connectivity index (χ1v) is 5.90. The zero-order chi connectivity index (χ0) is 8.67. The highest BCUT2D eigenvalue weighted by Crippen LogP contribution is 2.33. The van der Waals surface area contributed by atoms with Crippen molar-refractivity contribution >= 4 is 17.6 Å². The van der Waals surface area contributed by atoms with E-state index in [-0.39, 0.29) is 0 Å². The van der Waals surface area contributed by atoms with Crippen LogP contribution in [0.15, 0.2) is 4.52 Å². The van der Waals surface area contributed by atoms with E-state index in [0.29, 0.717) is 6.04 Å². The topological polar surface area (TPSA) is 38.1 Å². The lowest BCUT2D eigenvalue weighted by Gasteiger charge is -2.09. The highest BCUT2D eigenvalue weighted by Gasteiger charge is 2.26. The maximum atomic E-state index is 5.29. The van der Waals surface area contributed by atoms with Gasteiger partial charge in [-0.15, -0.1) is 0 Å². The Morgan fingerprint density at radius 3 is 3.23 bits per heavy atom. The van der Waals surface area contributed by atoms with Crippen molar-refractivity contribution in [3.63, 3.8) is 0 Å². The standard InChI is InChI=1S/C9H12N2OS/c1-2-6(1)10-9-7-5-13-4-3-8(7)11-12-9/h6,10H,1-5H2. The number of nitrogens with zero attached hydrogens (tertiary/aromatic N) is 1. The average molecular weight is 196 g/mol. The second kappa shape index (κ2) is 2.94. The molecule has 1 aromatic heterocycles. The van der Waals surface area contributed by atoms with Gasteiger partial charge in [0.2, 0.25) is 5.88 Å². The van der Waals surface area contributed by atoms with E-state index >= 15 is 0 Å². The van der Waals surface area contributed by atoms with E-state index in [1.54, 1.807) is 0 Å². The number of rotatable bonds is 2. The molecule has 0 atom stereocenters. The zero-order valence-electron chi connectivity index (χ0n) is 7.38. The van der Waals surface area contributed by atoms with Gasteiger partial charge in [-0.2, -0.15) is 11.8 Å². The molecule has 1 saturated carbocycles. The minimum absolute atomic E-state index is 0.656. The molecule has 0 spiro atoms. The summed E-state index contributed by atoms with van der Waals surface area (Å²) in [6, 6.07) is 0.656. The van der Waals surface area contributed by atoms with Crippen LogP contribution in [-0.4, -0.2) is 17.0 Å². The zero-order valence-corrected chi connectivity index (χ0v) is 8.19. The molecular weight excluding hydrogens is 184 g/mol. The number of thioether (sulfide) groups is 1. The second-order valence-electron chi connectivity index (χ2n) is 3.66. The summed E-state index contributed by atoms with van der Waals surface area (Å²) in [5, 5.41) is 7.47. The van der Waals surface area contributed by atoms with Crippen LogP contribution in [0.5, 0.6) is 0 Å². The molecule has 13 heavy (non-hydrogen) atoms. The molecule has 4 heteroatoms. The lowest BCUT2D eigenvalue weighted by atomic mass is 10.2. The van der Waals surface area contributed by atoms with Gasteiger partial charge < -0.3 is 9.84 Å². The number of fused-ring (bicyclic) bond motifs is 1. The molecule has 0 saturated heterocycles. The molecule has 1 N–H and O–H groups in total. The normalized spacial score (nSPS) is 21.2. The first-order valence-electron chi connectivity index (χ1n) is 4.75. The van der Waals surface area contributed by atoms with E-state index in [9.17, 15) is 0 Å². The summed E-state index contributed by atoms with van der Waals surface area (Å²) in [5.74, 6) is 3.18. The van der Waals surface area contributed by atoms with Crippen molar-refractivity contribution in [1.82, 2.24) is 5.16 Å². The number of hydrogen-bond donors (Lipinski definition) is 1. The predicted octanol–water partition coefficient (Wildman–Crippen LogP) is 2.04. The van der Waals surface area contributed by atoms with Gasteiger partial charge in [0.25, 0.3) is 0 Å². The van der Waals surface area contributed by atoms with Crippen molar-refractivity contribution in [1.29, 1.82) is 0 Å². The Bertz CT molecular complexity index is 319. The summed E-state index contributed by atoms with van der Waals surface area (Å²) in [6.45, 7) is 0. The highest BCUT2D eigenvalue weighted by atomic mass is 32.2. The molecule has 1 fully saturated rings. The van der Waals surface area contributed by atoms with Crippen LogP contribution >= 0.6 is 11.8 Å². The minimum Gasteiger partial charge on any atom is -0.351 e. The summed E-state index contributed by atoms with van der Waals surface area (Å²) in [7, 11) is 0. The molecule has 3 rings (SSSR count). The fourth-order valence-electron chi connectivity index (χ4n) is 1.56. The molecule has 1 aliphatic heterocycles. The van der Waals surface area contributed by atoms with E-state index < -0.39 is 0 Å². The second-order valence-corrected chi connectivity index (χ2v) is 4.76. The van der Waals surface area contributed by atoms with E-state index in [4.69, 9.17) is 4.52 Å². The maximum absolute atomic E-state index is 5.29. The van der Waals surface area contributed by atoms with E-state index in [2.05, 4.69) is 10.5 Å². The lowest BCUT2D eigenvalue weighted by Crippen LogP contribution is -2.05. The number of aromatic nitrogens is 1. The van der Waals surface area contributed by atoms with Gasteiger partial charge >= 0.3 is 0 Å². The fraction of sp³-hybridized carbons (Fsp3) is 0.667. The Balaban J connectivity index is 1.86. The smallest absolute Gasteiger partial charge is 0.229 e. The molecule has 0 aromatic carbocycles. The van der Waals surface area contributed by atoms with Crippen molar-refractivity contribution in [2.45, 2.75) is 31.1 Å². The third-order valence-electron chi connectivity index (χ3n) is 2.51. The Morgan fingerprint density at radius 1 is 1.46 bits per heavy atom. The lowest BCUT2D eigenvalue weighted by molar-refractivity contribution is 0.424. The Hall–Kier alpha value is -0.640. The van der Waals surface area contributed by atoms with Crippen LogP contribution in [0, 0.1) is 0 Å². The van der Waals surface area contributed by atoms with E-state index in [1.165, 1.54) is 29.9 Å². The van der Waals surface area contributed by atoms with Gasteiger partial charge in [-0.25, -0.2) is 0 Å². The van der Waals surface area contributed by atoms with Gasteiger partial charge in [0.15, 0.2) is 0 Å². The summed E-state index contributed by atoms with van der Waals surface area (Å²) >= 11 is 1.96. The monoisotopic (exact) mass is 196 g/mol. The Labute approximate surface area is 81.2 Å². The molecule has 0 amide bonds. The minimum atomic E-state index is 0.656. The quantitative estimate of drug-likeness (QED) is 0.785. The van der Waals surface area contributed by atoms with Crippen molar-refractivity contribution < 1.29 is 4.52 Å². The number of aryl methyl sites for hydroxylation is 1. The van der Waals surface area contributed by atoms with Crippen LogP contribution in [0.4, 0.5) is 5.88 Å². The largest absolute Gasteiger partial charge is 0.351 e. The van der Waals surface area contributed by atoms with Gasteiger partial charge in [0, 0.05) is 23.8 Å². The number of hydrogen-bond acceptors (Lipinski definition) is 4. The van der Waals surface area contributed by atoms with Crippen LogP contribution < -0.4 is 5.32 Å². The maximum Gasteiger partial charge on any atom is 0.229 e. The SMILES string of the molecule is C1Cc2noc(NC3CC3)c2CS1. The summed E-state index contributed by atoms with van der Waals surface area (Å²) in [4.78, 5) is 0. The van der Waals surface area contributed by atoms with Gasteiger partial charge in [-0.05, 0) is 18.6 Å². The Kier molecular flexibility index (Phi) is 1.75. The number of anilines is 1. The molecule has 0 radical (unpaired) electrons. The average Bonchev–Trinajstić information content (AvgIpc) is 2.88. The van der Waals surface area contributed by atoms with Gasteiger partial charge in [0.05, 0.1) is 5.69 Å². The molecule has 0 unspecified atom stereocenters. The number of nitrogens with one attached hydrogen (secondary N) is 1. The molecular formula is C9H12N2OS. The first kappa shape index (κ1) is 7.74. The Morgan fingerprint density at radius 2 is 2.38 bits per heavy atom. The van der Waals surface area contributed by atoms with Crippen LogP contribution in [0.3, 0.4) is 0 Å². The van der Waals surface area contributed by atoms with Crippen LogP contribution in [0.1, 0.15) is 24.1 Å². The summed E-state index contributed by atoms with van der Waals surface area (Å²) in [5.41, 5.74) is 2.48. The van der Waals surface area contributed by atoms with E-state index in [1.807, 2.05) is 11.8 Å². The third-order valence-corrected chi connectivity index (χ3v) is 3.50. The van der Waals surface area contributed by atoms with Gasteiger partial charge in [-0.1, -0.05) is 5.16 Å². The molecule has 1 aromatic rings. The summed E-state index contributed by atoms with van der Waals surface area (Å²) < 4.78 is 5.29. The highest BCUT2D eigenvalue weighted by molar-refractivity contribution is 7.98. The molecule has 3 nitrogen and oxygen atoms in total. The van der Waals surface area contributed by atoms with Crippen molar-refractivity contribution in [2.75, 3.05) is 11.1 Å². The molecule has 70 valence electrons. The fourth-order valence-corrected chi connectivity index (χ4v) is 2.54. The molecule has 1 aliphatic carbocycles. The van der Waals surface area contributed by atoms with E-state index in [0.717, 1.165) is 18.1 Å². The van der Waals surface area contributed by atoms with Crippen LogP contribution in [0.2, 0.25) is 0 Å². The molecule has 2 aliphatic rings. The van der Waals surface area contributed by atoms with Crippen LogP contribution in [-0.2, 0) is 12.2 Å². The van der Waals surface area contributed by atoms with Gasteiger partial charge in [-0.3, -0.25) is 0 Å².